The van der Waals surface area contributed by atoms with Gasteiger partial charge in [-0.1, -0.05) is 32.9 Å². The normalized spacial score (nSPS) is 12.1. The van der Waals surface area contributed by atoms with Gasteiger partial charge in [0.15, 0.2) is 5.75 Å². The van der Waals surface area contributed by atoms with E-state index in [0.29, 0.717) is 26.5 Å². The molecule has 9 nitrogen and oxygen atoms in total. The van der Waals surface area contributed by atoms with Crippen LogP contribution in [0.25, 0.3) is 22.0 Å². The first kappa shape index (κ1) is 25.6. The lowest BCUT2D eigenvalue weighted by Crippen LogP contribution is -2.22. The molecule has 0 saturated carbocycles. The van der Waals surface area contributed by atoms with Crippen molar-refractivity contribution in [3.63, 3.8) is 0 Å². The summed E-state index contributed by atoms with van der Waals surface area (Å²) in [5, 5.41) is 10.8. The maximum absolute atomic E-state index is 12.5. The number of sulfonamides is 1. The van der Waals surface area contributed by atoms with Crippen LogP contribution in [0.1, 0.15) is 47.2 Å². The van der Waals surface area contributed by atoms with Crippen LogP contribution in [-0.2, 0) is 22.5 Å². The predicted molar refractivity (Wildman–Crippen MR) is 135 cm³/mol. The lowest BCUT2D eigenvalue weighted by Gasteiger charge is -2.28. The highest BCUT2D eigenvalue weighted by atomic mass is 79.9. The number of rotatable bonds is 6. The molecule has 4 N–H and O–H groups in total. The maximum atomic E-state index is 12.5. The van der Waals surface area contributed by atoms with E-state index in [-0.39, 0.29) is 28.3 Å². The first-order valence-electron chi connectivity index (χ1n) is 10.1. The van der Waals surface area contributed by atoms with Gasteiger partial charge in [0, 0.05) is 28.0 Å². The van der Waals surface area contributed by atoms with E-state index in [0.717, 1.165) is 6.26 Å². The van der Waals surface area contributed by atoms with E-state index < -0.39 is 27.3 Å². The number of hydrogen-bond donors (Lipinski definition) is 3. The summed E-state index contributed by atoms with van der Waals surface area (Å²) in [6, 6.07) is 6.84. The number of carboxylic acids is 1. The maximum Gasteiger partial charge on any atom is 0.353 e. The molecule has 0 radical (unpaired) electrons. The molecule has 0 aliphatic carbocycles. The van der Waals surface area contributed by atoms with Gasteiger partial charge in [-0.2, -0.15) is 0 Å². The van der Waals surface area contributed by atoms with E-state index in [2.05, 4.69) is 20.7 Å². The summed E-state index contributed by atoms with van der Waals surface area (Å²) < 4.78 is 35.0. The summed E-state index contributed by atoms with van der Waals surface area (Å²) in [5.41, 5.74) is 6.53. The summed E-state index contributed by atoms with van der Waals surface area (Å²) in [5.74, 6) is -2.11. The van der Waals surface area contributed by atoms with Crippen molar-refractivity contribution in [2.24, 2.45) is 12.8 Å². The molecule has 0 unspecified atom stereocenters. The highest BCUT2D eigenvalue weighted by Gasteiger charge is 2.34. The van der Waals surface area contributed by atoms with E-state index >= 15 is 0 Å². The van der Waals surface area contributed by atoms with Crippen LogP contribution in [0.2, 0.25) is 0 Å². The lowest BCUT2D eigenvalue weighted by atomic mass is 9.79. The van der Waals surface area contributed by atoms with Crippen LogP contribution in [0, 0.1) is 0 Å². The SMILES string of the molecule is COc1c(C(N)=O)cc(C(C)(C)C)c(-c2c(C(=O)O)n(C)c3c(Br)cccc23)c1NS(C)(=O)=O. The molecule has 182 valence electrons. The number of fused-ring (bicyclic) bond motifs is 1. The third kappa shape index (κ3) is 4.37. The number of ether oxygens (including phenoxy) is 1. The van der Waals surface area contributed by atoms with Gasteiger partial charge in [-0.15, -0.1) is 0 Å². The van der Waals surface area contributed by atoms with Crippen molar-refractivity contribution in [3.8, 4) is 16.9 Å². The Hall–Kier alpha value is -3.05. The summed E-state index contributed by atoms with van der Waals surface area (Å²) in [7, 11) is -0.973. The average Bonchev–Trinajstić information content (AvgIpc) is 2.98. The Labute approximate surface area is 206 Å². The van der Waals surface area contributed by atoms with Gasteiger partial charge in [0.1, 0.15) is 5.69 Å². The number of primary amides is 1. The van der Waals surface area contributed by atoms with Crippen molar-refractivity contribution in [1.29, 1.82) is 0 Å². The van der Waals surface area contributed by atoms with Crippen LogP contribution >= 0.6 is 15.9 Å². The Kier molecular flexibility index (Phi) is 6.49. The molecule has 11 heteroatoms. The zero-order chi connectivity index (χ0) is 25.7. The number of nitrogens with one attached hydrogen (secondary N) is 1. The van der Waals surface area contributed by atoms with Crippen molar-refractivity contribution < 1.29 is 27.9 Å². The number of benzene rings is 2. The van der Waals surface area contributed by atoms with E-state index in [1.54, 1.807) is 25.2 Å². The molecule has 0 atom stereocenters. The van der Waals surface area contributed by atoms with E-state index in [9.17, 15) is 23.1 Å². The molecule has 3 rings (SSSR count). The number of anilines is 1. The van der Waals surface area contributed by atoms with Crippen LogP contribution in [0.4, 0.5) is 5.69 Å². The third-order valence-corrected chi connectivity index (χ3v) is 6.68. The highest BCUT2D eigenvalue weighted by Crippen LogP contribution is 2.49. The smallest absolute Gasteiger partial charge is 0.353 e. The molecule has 1 amide bonds. The van der Waals surface area contributed by atoms with Crippen LogP contribution in [0.3, 0.4) is 0 Å². The first-order valence-corrected chi connectivity index (χ1v) is 12.8. The number of aromatic carboxylic acids is 1. The summed E-state index contributed by atoms with van der Waals surface area (Å²) in [6.45, 7) is 5.61. The van der Waals surface area contributed by atoms with Crippen molar-refractivity contribution in [2.45, 2.75) is 26.2 Å². The zero-order valence-corrected chi connectivity index (χ0v) is 22.0. The fourth-order valence-electron chi connectivity index (χ4n) is 4.16. The topological polar surface area (TPSA) is 141 Å². The molecule has 1 heterocycles. The molecule has 0 aliphatic heterocycles. The number of nitrogens with zero attached hydrogens (tertiary/aromatic N) is 1. The Morgan fingerprint density at radius 1 is 1.21 bits per heavy atom. The fourth-order valence-corrected chi connectivity index (χ4v) is 5.36. The third-order valence-electron chi connectivity index (χ3n) is 5.46. The number of aryl methyl sites for hydroxylation is 1. The van der Waals surface area contributed by atoms with Gasteiger partial charge in [0.25, 0.3) is 5.91 Å². The Morgan fingerprint density at radius 3 is 2.29 bits per heavy atom. The van der Waals surface area contributed by atoms with Crippen molar-refractivity contribution >= 4 is 54.4 Å². The van der Waals surface area contributed by atoms with Crippen molar-refractivity contribution in [2.75, 3.05) is 18.1 Å². The van der Waals surface area contributed by atoms with Gasteiger partial charge in [-0.05, 0) is 39.0 Å². The summed E-state index contributed by atoms with van der Waals surface area (Å²) >= 11 is 3.49. The van der Waals surface area contributed by atoms with Crippen molar-refractivity contribution in [3.05, 3.63) is 45.6 Å². The summed E-state index contributed by atoms with van der Waals surface area (Å²) in [4.78, 5) is 24.8. The van der Waals surface area contributed by atoms with Crippen molar-refractivity contribution in [1.82, 2.24) is 4.57 Å². The van der Waals surface area contributed by atoms with Gasteiger partial charge in [0.2, 0.25) is 10.0 Å². The number of carbonyl (C=O) groups excluding carboxylic acids is 1. The lowest BCUT2D eigenvalue weighted by molar-refractivity contribution is 0.0687. The number of methoxy groups -OCH3 is 1. The number of hydrogen-bond acceptors (Lipinski definition) is 5. The predicted octanol–water partition coefficient (Wildman–Crippen LogP) is 4.08. The minimum absolute atomic E-state index is 0.0272. The summed E-state index contributed by atoms with van der Waals surface area (Å²) in [6.07, 6.45) is 0.960. The Balaban J connectivity index is 2.74. The van der Waals surface area contributed by atoms with Gasteiger partial charge < -0.3 is 20.1 Å². The standard InChI is InChI=1S/C23H26BrN3O6S/c1-23(2,3)13-10-12(21(25)28)20(33-5)17(26-34(6,31)32)16(13)15-11-8-7-9-14(24)18(11)27(4)19(15)22(29)30/h7-10,26H,1-6H3,(H2,25,28)(H,29,30). The molecule has 34 heavy (non-hydrogen) atoms. The number of carbonyl (C=O) groups is 2. The molecule has 0 fully saturated rings. The first-order chi connectivity index (χ1) is 15.6. The van der Waals surface area contributed by atoms with Gasteiger partial charge in [-0.25, -0.2) is 13.2 Å². The number of carboxylic acid groups (broad SMARTS) is 1. The number of nitrogens with two attached hydrogens (primary N) is 1. The minimum Gasteiger partial charge on any atom is -0.494 e. The second-order valence-corrected chi connectivity index (χ2v) is 11.6. The average molecular weight is 552 g/mol. The largest absolute Gasteiger partial charge is 0.494 e. The molecule has 0 bridgehead atoms. The second kappa shape index (κ2) is 8.62. The molecule has 2 aromatic carbocycles. The molecule has 1 aromatic heterocycles. The van der Waals surface area contributed by atoms with Gasteiger partial charge in [-0.3, -0.25) is 9.52 Å². The number of halogens is 1. The zero-order valence-electron chi connectivity index (χ0n) is 19.6. The molecule has 3 aromatic rings. The Morgan fingerprint density at radius 2 is 1.82 bits per heavy atom. The molecule has 0 aliphatic rings. The van der Waals surface area contributed by atoms with Crippen LogP contribution < -0.4 is 15.2 Å². The van der Waals surface area contributed by atoms with E-state index in [1.165, 1.54) is 17.7 Å². The minimum atomic E-state index is -3.88. The van der Waals surface area contributed by atoms with Crippen LogP contribution in [-0.4, -0.2) is 43.3 Å². The number of para-hydroxylation sites is 1. The Bertz CT molecular complexity index is 1450. The van der Waals surface area contributed by atoms with Crippen LogP contribution in [0.15, 0.2) is 28.7 Å². The number of amides is 1. The molecule has 0 saturated heterocycles. The van der Waals surface area contributed by atoms with E-state index in [1.807, 2.05) is 20.8 Å². The van der Waals surface area contributed by atoms with Crippen LogP contribution in [0.5, 0.6) is 5.75 Å². The van der Waals surface area contributed by atoms with Gasteiger partial charge in [0.05, 0.1) is 30.1 Å². The highest BCUT2D eigenvalue weighted by molar-refractivity contribution is 9.10. The molecular weight excluding hydrogens is 526 g/mol. The monoisotopic (exact) mass is 551 g/mol. The fraction of sp³-hybridized carbons (Fsp3) is 0.304. The quantitative estimate of drug-likeness (QED) is 0.421. The second-order valence-electron chi connectivity index (χ2n) is 8.97. The van der Waals surface area contributed by atoms with Gasteiger partial charge >= 0.3 is 5.97 Å². The molecule has 0 spiro atoms. The van der Waals surface area contributed by atoms with E-state index in [4.69, 9.17) is 10.5 Å². The number of aromatic nitrogens is 1. The molecular formula is C23H26BrN3O6S.